The Bertz CT molecular complexity index is 1060. The van der Waals surface area contributed by atoms with Gasteiger partial charge in [-0.2, -0.15) is 0 Å². The fourth-order valence-electron chi connectivity index (χ4n) is 3.02. The lowest BCUT2D eigenvalue weighted by atomic mass is 10.1. The second-order valence-corrected chi connectivity index (χ2v) is 7.42. The van der Waals surface area contributed by atoms with Gasteiger partial charge in [-0.1, -0.05) is 36.4 Å². The molecule has 12 heteroatoms. The van der Waals surface area contributed by atoms with E-state index < -0.39 is 48.3 Å². The van der Waals surface area contributed by atoms with Gasteiger partial charge in [0, 0.05) is 17.8 Å². The highest BCUT2D eigenvalue weighted by Gasteiger charge is 2.29. The van der Waals surface area contributed by atoms with Crippen molar-refractivity contribution in [3.63, 3.8) is 0 Å². The number of hydrogen-bond acceptors (Lipinski definition) is 6. The average molecular weight is 485 g/mol. The Kier molecular flexibility index (Phi) is 10.2. The zero-order chi connectivity index (χ0) is 25.8. The molecule has 12 nitrogen and oxygen atoms in total. The number of rotatable bonds is 12. The molecule has 0 unspecified atom stereocenters. The second kappa shape index (κ2) is 13.3. The lowest BCUT2D eigenvalue weighted by Gasteiger charge is -2.21. The van der Waals surface area contributed by atoms with Gasteiger partial charge in [0.15, 0.2) is 6.04 Å². The largest absolute Gasteiger partial charge is 0.481 e. The number of amides is 4. The Hall–Kier alpha value is -4.45. The fraction of sp³-hybridized carbons (Fsp3) is 0.261. The summed E-state index contributed by atoms with van der Waals surface area (Å²) < 4.78 is 0. The topological polar surface area (TPSA) is 200 Å². The van der Waals surface area contributed by atoms with Crippen LogP contribution in [0.25, 0.3) is 0 Å². The Morgan fingerprint density at radius 1 is 0.914 bits per heavy atom. The van der Waals surface area contributed by atoms with Crippen LogP contribution in [0.4, 0.5) is 10.5 Å². The van der Waals surface area contributed by atoms with Crippen LogP contribution in [0, 0.1) is 0 Å². The highest BCUT2D eigenvalue weighted by Crippen LogP contribution is 2.14. The molecular weight excluding hydrogens is 458 g/mol. The molecule has 0 radical (unpaired) electrons. The number of carboxylic acid groups (broad SMARTS) is 2. The van der Waals surface area contributed by atoms with Gasteiger partial charge < -0.3 is 37.2 Å². The third kappa shape index (κ3) is 8.78. The Balaban J connectivity index is 2.12. The molecule has 35 heavy (non-hydrogen) atoms. The number of benzene rings is 2. The van der Waals surface area contributed by atoms with Crippen molar-refractivity contribution >= 4 is 35.5 Å². The van der Waals surface area contributed by atoms with E-state index in [9.17, 15) is 34.2 Å². The normalized spacial score (nSPS) is 12.0. The zero-order valence-corrected chi connectivity index (χ0v) is 18.7. The molecule has 0 aliphatic heterocycles. The minimum absolute atomic E-state index is 0.0470. The summed E-state index contributed by atoms with van der Waals surface area (Å²) >= 11 is 0. The minimum atomic E-state index is -1.55. The molecule has 2 aromatic rings. The Morgan fingerprint density at radius 2 is 1.63 bits per heavy atom. The summed E-state index contributed by atoms with van der Waals surface area (Å²) in [5.41, 5.74) is 5.98. The zero-order valence-electron chi connectivity index (χ0n) is 18.7. The van der Waals surface area contributed by atoms with Gasteiger partial charge in [0.05, 0.1) is 6.42 Å². The van der Waals surface area contributed by atoms with E-state index in [1.807, 2.05) is 0 Å². The molecule has 0 saturated carbocycles. The van der Waals surface area contributed by atoms with Gasteiger partial charge in [-0.3, -0.25) is 14.4 Å². The van der Waals surface area contributed by atoms with Crippen LogP contribution < -0.4 is 27.0 Å². The molecule has 0 spiro atoms. The van der Waals surface area contributed by atoms with Crippen molar-refractivity contribution in [1.29, 1.82) is 0 Å². The van der Waals surface area contributed by atoms with Gasteiger partial charge in [-0.15, -0.1) is 0 Å². The highest BCUT2D eigenvalue weighted by molar-refractivity contribution is 6.00. The summed E-state index contributed by atoms with van der Waals surface area (Å²) in [5.74, 6) is -4.49. The number of urea groups is 1. The summed E-state index contributed by atoms with van der Waals surface area (Å²) in [6, 6.07) is 10.1. The van der Waals surface area contributed by atoms with Crippen LogP contribution in [0.1, 0.15) is 34.8 Å². The van der Waals surface area contributed by atoms with E-state index in [-0.39, 0.29) is 16.8 Å². The van der Waals surface area contributed by atoms with Crippen molar-refractivity contribution in [2.24, 2.45) is 5.73 Å². The van der Waals surface area contributed by atoms with Gasteiger partial charge in [-0.05, 0) is 36.7 Å². The van der Waals surface area contributed by atoms with E-state index in [2.05, 4.69) is 21.3 Å². The fourth-order valence-corrected chi connectivity index (χ4v) is 3.02. The molecule has 186 valence electrons. The molecule has 0 saturated heterocycles. The number of carbonyl (C=O) groups is 5. The SMILES string of the molecule is NCCCNC(=O)Nc1cccc(C(=O)N[C@@H](CC(=O)O)C(=O)N[C@H](C(=O)O)c2ccccc2)c1. The molecule has 2 rings (SSSR count). The van der Waals surface area contributed by atoms with Gasteiger partial charge in [0.1, 0.15) is 6.04 Å². The lowest BCUT2D eigenvalue weighted by Crippen LogP contribution is -2.49. The third-order valence-corrected chi connectivity index (χ3v) is 4.72. The third-order valence-electron chi connectivity index (χ3n) is 4.72. The maximum Gasteiger partial charge on any atom is 0.330 e. The minimum Gasteiger partial charge on any atom is -0.481 e. The van der Waals surface area contributed by atoms with Crippen molar-refractivity contribution < 1.29 is 34.2 Å². The Morgan fingerprint density at radius 3 is 2.26 bits per heavy atom. The molecule has 8 N–H and O–H groups in total. The van der Waals surface area contributed by atoms with Crippen LogP contribution in [-0.4, -0.2) is 59.1 Å². The number of hydrogen-bond donors (Lipinski definition) is 7. The van der Waals surface area contributed by atoms with Crippen molar-refractivity contribution in [1.82, 2.24) is 16.0 Å². The molecule has 0 fully saturated rings. The number of anilines is 1. The van der Waals surface area contributed by atoms with Crippen LogP contribution in [0.2, 0.25) is 0 Å². The van der Waals surface area contributed by atoms with Gasteiger partial charge in [-0.25, -0.2) is 9.59 Å². The van der Waals surface area contributed by atoms with Gasteiger partial charge in [0.2, 0.25) is 5.91 Å². The maximum absolute atomic E-state index is 12.7. The van der Waals surface area contributed by atoms with Crippen LogP contribution in [-0.2, 0) is 14.4 Å². The van der Waals surface area contributed by atoms with Crippen molar-refractivity contribution in [3.8, 4) is 0 Å². The molecule has 4 amide bonds. The number of nitrogens with one attached hydrogen (secondary N) is 4. The molecule has 0 aromatic heterocycles. The molecule has 0 heterocycles. The van der Waals surface area contributed by atoms with Crippen LogP contribution in [0.5, 0.6) is 0 Å². The monoisotopic (exact) mass is 485 g/mol. The Labute approximate surface area is 200 Å². The van der Waals surface area contributed by atoms with Crippen molar-refractivity contribution in [2.45, 2.75) is 24.9 Å². The lowest BCUT2D eigenvalue weighted by molar-refractivity contribution is -0.143. The molecule has 0 aliphatic carbocycles. The predicted octanol–water partition coefficient (Wildman–Crippen LogP) is 0.672. The second-order valence-electron chi connectivity index (χ2n) is 7.42. The molecule has 0 aliphatic rings. The number of aliphatic carboxylic acids is 2. The van der Waals surface area contributed by atoms with E-state index in [0.717, 1.165) is 0 Å². The first-order valence-electron chi connectivity index (χ1n) is 10.7. The van der Waals surface area contributed by atoms with E-state index in [1.165, 1.54) is 36.4 Å². The first-order chi connectivity index (χ1) is 16.7. The van der Waals surface area contributed by atoms with E-state index in [0.29, 0.717) is 19.5 Å². The first-order valence-corrected chi connectivity index (χ1v) is 10.7. The quantitative estimate of drug-likeness (QED) is 0.213. The van der Waals surface area contributed by atoms with Crippen LogP contribution in [0.3, 0.4) is 0 Å². The summed E-state index contributed by atoms with van der Waals surface area (Å²) in [7, 11) is 0. The summed E-state index contributed by atoms with van der Waals surface area (Å²) in [4.78, 5) is 60.3. The number of nitrogens with two attached hydrogens (primary N) is 1. The van der Waals surface area contributed by atoms with Crippen molar-refractivity contribution in [2.75, 3.05) is 18.4 Å². The number of carbonyl (C=O) groups excluding carboxylic acids is 3. The smallest absolute Gasteiger partial charge is 0.330 e. The van der Waals surface area contributed by atoms with Crippen molar-refractivity contribution in [3.05, 3.63) is 65.7 Å². The van der Waals surface area contributed by atoms with E-state index >= 15 is 0 Å². The molecule has 2 aromatic carbocycles. The molecule has 2 atom stereocenters. The highest BCUT2D eigenvalue weighted by atomic mass is 16.4. The molecule has 0 bridgehead atoms. The summed E-state index contributed by atoms with van der Waals surface area (Å²) in [6.45, 7) is 0.786. The summed E-state index contributed by atoms with van der Waals surface area (Å²) in [6.07, 6.45) is -0.184. The summed E-state index contributed by atoms with van der Waals surface area (Å²) in [5, 5.41) is 28.4. The van der Waals surface area contributed by atoms with E-state index in [4.69, 9.17) is 5.73 Å². The van der Waals surface area contributed by atoms with Gasteiger partial charge >= 0.3 is 18.0 Å². The molecular formula is C23H27N5O7. The number of carboxylic acids is 2. The van der Waals surface area contributed by atoms with Crippen LogP contribution >= 0.6 is 0 Å². The van der Waals surface area contributed by atoms with Gasteiger partial charge in [0.25, 0.3) is 5.91 Å². The predicted molar refractivity (Wildman–Crippen MR) is 126 cm³/mol. The van der Waals surface area contributed by atoms with E-state index in [1.54, 1.807) is 18.2 Å². The maximum atomic E-state index is 12.7. The van der Waals surface area contributed by atoms with Crippen LogP contribution in [0.15, 0.2) is 54.6 Å². The standard InChI is InChI=1S/C23H27N5O7/c24-10-5-11-25-23(35)26-16-9-4-8-15(12-16)20(31)27-17(13-18(29)30)21(32)28-19(22(33)34)14-6-2-1-3-7-14/h1-4,6-9,12,17,19H,5,10-11,13,24H2,(H,27,31)(H,28,32)(H,29,30)(H,33,34)(H2,25,26,35)/t17-,19-/m0/s1. The average Bonchev–Trinajstić information content (AvgIpc) is 2.82. The first kappa shape index (κ1) is 26.8.